The molecule has 6 nitrogen and oxygen atoms in total. The number of nitrogens with zero attached hydrogens (tertiary/aromatic N) is 4. The molecule has 0 spiro atoms. The number of hydrogen-bond donors (Lipinski definition) is 1. The molecule has 6 heteroatoms. The number of anilines is 1. The summed E-state index contributed by atoms with van der Waals surface area (Å²) in [5.74, 6) is 0.126. The van der Waals surface area contributed by atoms with Crippen molar-refractivity contribution in [2.75, 3.05) is 38.5 Å². The monoisotopic (exact) mass is 265 g/mol. The fraction of sp³-hybridized carbons (Fsp3) is 0.692. The van der Waals surface area contributed by atoms with Gasteiger partial charge >= 0.3 is 0 Å². The molecule has 1 saturated heterocycles. The second-order valence-electron chi connectivity index (χ2n) is 5.06. The van der Waals surface area contributed by atoms with Gasteiger partial charge < -0.3 is 15.5 Å². The maximum atomic E-state index is 12.2. The zero-order valence-electron chi connectivity index (χ0n) is 12.0. The van der Waals surface area contributed by atoms with Crippen molar-refractivity contribution in [2.24, 2.45) is 0 Å². The zero-order chi connectivity index (χ0) is 14.0. The minimum atomic E-state index is 0.126. The van der Waals surface area contributed by atoms with E-state index in [9.17, 15) is 4.79 Å². The highest BCUT2D eigenvalue weighted by molar-refractivity contribution is 5.76. The second kappa shape index (κ2) is 5.61. The number of aromatic nitrogens is 2. The molecule has 0 aromatic carbocycles. The van der Waals surface area contributed by atoms with Gasteiger partial charge in [0.1, 0.15) is 6.54 Å². The number of aryl methyl sites for hydroxylation is 1. The smallest absolute Gasteiger partial charge is 0.244 e. The van der Waals surface area contributed by atoms with Gasteiger partial charge in [-0.25, -0.2) is 0 Å². The van der Waals surface area contributed by atoms with Crippen LogP contribution in [-0.2, 0) is 11.3 Å². The van der Waals surface area contributed by atoms with E-state index in [4.69, 9.17) is 5.73 Å². The molecule has 0 saturated carbocycles. The number of hydrogen-bond acceptors (Lipinski definition) is 4. The molecule has 1 aromatic rings. The molecule has 2 N–H and O–H groups in total. The van der Waals surface area contributed by atoms with Crippen molar-refractivity contribution >= 4 is 11.6 Å². The number of likely N-dealkylation sites (N-methyl/N-ethyl adjacent to an activating group) is 1. The average molecular weight is 265 g/mol. The van der Waals surface area contributed by atoms with Crippen molar-refractivity contribution in [1.82, 2.24) is 19.6 Å². The predicted molar refractivity (Wildman–Crippen MR) is 74.8 cm³/mol. The van der Waals surface area contributed by atoms with Crippen LogP contribution in [0.5, 0.6) is 0 Å². The van der Waals surface area contributed by atoms with Crippen molar-refractivity contribution < 1.29 is 4.79 Å². The van der Waals surface area contributed by atoms with Crippen LogP contribution in [-0.4, -0.2) is 58.2 Å². The van der Waals surface area contributed by atoms with E-state index < -0.39 is 0 Å². The Balaban J connectivity index is 1.96. The highest BCUT2D eigenvalue weighted by Crippen LogP contribution is 2.15. The van der Waals surface area contributed by atoms with E-state index >= 15 is 0 Å². The van der Waals surface area contributed by atoms with Crippen LogP contribution in [0.3, 0.4) is 0 Å². The number of nitrogen functional groups attached to an aromatic ring is 1. The first kappa shape index (κ1) is 13.9. The Hall–Kier alpha value is -1.56. The summed E-state index contributed by atoms with van der Waals surface area (Å²) in [6.07, 6.45) is 0. The predicted octanol–water partition coefficient (Wildman–Crippen LogP) is 0.246. The van der Waals surface area contributed by atoms with Crippen LogP contribution in [0.25, 0.3) is 0 Å². The van der Waals surface area contributed by atoms with Gasteiger partial charge in [0.05, 0.1) is 17.1 Å². The van der Waals surface area contributed by atoms with Crippen molar-refractivity contribution in [3.05, 3.63) is 11.4 Å². The van der Waals surface area contributed by atoms with E-state index in [2.05, 4.69) is 16.9 Å². The highest BCUT2D eigenvalue weighted by atomic mass is 16.2. The maximum Gasteiger partial charge on any atom is 0.244 e. The van der Waals surface area contributed by atoms with E-state index in [1.807, 2.05) is 18.7 Å². The molecule has 0 bridgehead atoms. The fourth-order valence-electron chi connectivity index (χ4n) is 2.41. The van der Waals surface area contributed by atoms with Gasteiger partial charge in [-0.05, 0) is 20.4 Å². The van der Waals surface area contributed by atoms with Crippen LogP contribution in [0, 0.1) is 13.8 Å². The summed E-state index contributed by atoms with van der Waals surface area (Å²) < 4.78 is 1.71. The van der Waals surface area contributed by atoms with Crippen molar-refractivity contribution in [3.63, 3.8) is 0 Å². The van der Waals surface area contributed by atoms with Crippen LogP contribution in [0.2, 0.25) is 0 Å². The summed E-state index contributed by atoms with van der Waals surface area (Å²) in [6, 6.07) is 0. The molecule has 1 amide bonds. The van der Waals surface area contributed by atoms with E-state index in [0.29, 0.717) is 5.69 Å². The Morgan fingerprint density at radius 3 is 2.37 bits per heavy atom. The fourth-order valence-corrected chi connectivity index (χ4v) is 2.41. The van der Waals surface area contributed by atoms with Crippen molar-refractivity contribution in [1.29, 1.82) is 0 Å². The van der Waals surface area contributed by atoms with Crippen LogP contribution >= 0.6 is 0 Å². The first-order valence-electron chi connectivity index (χ1n) is 6.82. The lowest BCUT2D eigenvalue weighted by atomic mass is 10.3. The van der Waals surface area contributed by atoms with Crippen LogP contribution in [0.1, 0.15) is 18.3 Å². The Labute approximate surface area is 114 Å². The van der Waals surface area contributed by atoms with Gasteiger partial charge in [-0.2, -0.15) is 5.10 Å². The first-order chi connectivity index (χ1) is 9.02. The summed E-state index contributed by atoms with van der Waals surface area (Å²) >= 11 is 0. The Morgan fingerprint density at radius 2 is 1.89 bits per heavy atom. The van der Waals surface area contributed by atoms with Crippen LogP contribution in [0.15, 0.2) is 0 Å². The molecule has 2 heterocycles. The molecule has 0 aliphatic carbocycles. The zero-order valence-corrected chi connectivity index (χ0v) is 12.0. The Kier molecular flexibility index (Phi) is 4.09. The minimum absolute atomic E-state index is 0.126. The minimum Gasteiger partial charge on any atom is -0.396 e. The number of rotatable bonds is 3. The molecule has 2 rings (SSSR count). The Morgan fingerprint density at radius 1 is 1.26 bits per heavy atom. The van der Waals surface area contributed by atoms with E-state index in [1.165, 1.54) is 0 Å². The number of carbonyl (C=O) groups is 1. The second-order valence-corrected chi connectivity index (χ2v) is 5.06. The van der Waals surface area contributed by atoms with Crippen molar-refractivity contribution in [2.45, 2.75) is 27.3 Å². The standard InChI is InChI=1S/C13H23N5O/c1-4-16-5-7-17(8-6-16)12(19)9-18-11(3)13(14)10(2)15-18/h4-9,14H2,1-3H3. The molecule has 106 valence electrons. The average Bonchev–Trinajstić information content (AvgIpc) is 2.66. The summed E-state index contributed by atoms with van der Waals surface area (Å²) in [5.41, 5.74) is 8.23. The molecule has 0 radical (unpaired) electrons. The SMILES string of the molecule is CCN1CCN(C(=O)Cn2nc(C)c(N)c2C)CC1. The topological polar surface area (TPSA) is 67.4 Å². The first-order valence-corrected chi connectivity index (χ1v) is 6.82. The molecule has 19 heavy (non-hydrogen) atoms. The summed E-state index contributed by atoms with van der Waals surface area (Å²) in [7, 11) is 0. The van der Waals surface area contributed by atoms with E-state index in [0.717, 1.165) is 44.1 Å². The number of piperazine rings is 1. The van der Waals surface area contributed by atoms with Gasteiger partial charge in [0.25, 0.3) is 0 Å². The molecule has 0 atom stereocenters. The van der Waals surface area contributed by atoms with Gasteiger partial charge in [0.2, 0.25) is 5.91 Å². The molecule has 1 aliphatic heterocycles. The van der Waals surface area contributed by atoms with Gasteiger partial charge in [0, 0.05) is 26.2 Å². The molecule has 1 aromatic heterocycles. The molecular weight excluding hydrogens is 242 g/mol. The quantitative estimate of drug-likeness (QED) is 0.850. The lowest BCUT2D eigenvalue weighted by Gasteiger charge is -2.34. The van der Waals surface area contributed by atoms with Gasteiger partial charge in [0.15, 0.2) is 0 Å². The number of nitrogens with two attached hydrogens (primary N) is 1. The molecule has 0 unspecified atom stereocenters. The number of amides is 1. The molecular formula is C13H23N5O. The van der Waals surface area contributed by atoms with Crippen LogP contribution in [0.4, 0.5) is 5.69 Å². The molecule has 1 fully saturated rings. The third kappa shape index (κ3) is 2.89. The third-order valence-corrected chi connectivity index (χ3v) is 3.89. The summed E-state index contributed by atoms with van der Waals surface area (Å²) in [5, 5.41) is 4.31. The van der Waals surface area contributed by atoms with Crippen molar-refractivity contribution in [3.8, 4) is 0 Å². The van der Waals surface area contributed by atoms with Gasteiger partial charge in [-0.15, -0.1) is 0 Å². The Bertz CT molecular complexity index is 460. The molecule has 1 aliphatic rings. The number of carbonyl (C=O) groups excluding carboxylic acids is 1. The highest BCUT2D eigenvalue weighted by Gasteiger charge is 2.21. The normalized spacial score (nSPS) is 16.9. The lowest BCUT2D eigenvalue weighted by molar-refractivity contribution is -0.133. The largest absolute Gasteiger partial charge is 0.396 e. The summed E-state index contributed by atoms with van der Waals surface area (Å²) in [6.45, 7) is 10.8. The van der Waals surface area contributed by atoms with Crippen LogP contribution < -0.4 is 5.73 Å². The third-order valence-electron chi connectivity index (χ3n) is 3.89. The van der Waals surface area contributed by atoms with E-state index in [1.54, 1.807) is 4.68 Å². The van der Waals surface area contributed by atoms with Gasteiger partial charge in [-0.1, -0.05) is 6.92 Å². The van der Waals surface area contributed by atoms with Gasteiger partial charge in [-0.3, -0.25) is 9.48 Å². The van der Waals surface area contributed by atoms with E-state index in [-0.39, 0.29) is 12.5 Å². The summed E-state index contributed by atoms with van der Waals surface area (Å²) in [4.78, 5) is 16.5. The maximum absolute atomic E-state index is 12.2. The lowest BCUT2D eigenvalue weighted by Crippen LogP contribution is -2.49.